The third-order valence-electron chi connectivity index (χ3n) is 2.26. The highest BCUT2D eigenvalue weighted by molar-refractivity contribution is 6.35. The van der Waals surface area contributed by atoms with E-state index in [1.54, 1.807) is 0 Å². The highest BCUT2D eigenvalue weighted by atomic mass is 35.5. The van der Waals surface area contributed by atoms with Gasteiger partial charge in [0.1, 0.15) is 0 Å². The Balaban J connectivity index is 2.50. The Morgan fingerprint density at radius 1 is 1.33 bits per heavy atom. The largest absolute Gasteiger partial charge is 0.328 e. The molecule has 2 N–H and O–H groups in total. The number of halogens is 1. The SMILES string of the molecule is CC(N)Cc1ccc2cccc(Cl)c2n1. The molecule has 1 heterocycles. The van der Waals surface area contributed by atoms with Crippen LogP contribution in [0.15, 0.2) is 30.3 Å². The second-order valence-corrected chi connectivity index (χ2v) is 4.20. The fourth-order valence-corrected chi connectivity index (χ4v) is 1.82. The topological polar surface area (TPSA) is 38.9 Å². The molecule has 2 nitrogen and oxygen atoms in total. The molecule has 15 heavy (non-hydrogen) atoms. The molecule has 1 atom stereocenters. The van der Waals surface area contributed by atoms with Gasteiger partial charge in [-0.25, -0.2) is 0 Å². The van der Waals surface area contributed by atoms with Crippen molar-refractivity contribution in [3.05, 3.63) is 41.0 Å². The van der Waals surface area contributed by atoms with Crippen molar-refractivity contribution in [2.45, 2.75) is 19.4 Å². The number of aromatic nitrogens is 1. The normalized spacial score (nSPS) is 13.0. The molecule has 0 saturated heterocycles. The van der Waals surface area contributed by atoms with E-state index in [9.17, 15) is 0 Å². The second kappa shape index (κ2) is 4.17. The van der Waals surface area contributed by atoms with Gasteiger partial charge in [0.2, 0.25) is 0 Å². The Labute approximate surface area is 94.1 Å². The first-order valence-electron chi connectivity index (χ1n) is 4.96. The Morgan fingerprint density at radius 2 is 2.13 bits per heavy atom. The Kier molecular flexibility index (Phi) is 2.89. The number of fused-ring (bicyclic) bond motifs is 1. The maximum Gasteiger partial charge on any atom is 0.0891 e. The number of rotatable bonds is 2. The van der Waals surface area contributed by atoms with Crippen molar-refractivity contribution in [1.29, 1.82) is 0 Å². The molecule has 0 spiro atoms. The maximum absolute atomic E-state index is 6.07. The molecule has 0 bridgehead atoms. The molecule has 0 amide bonds. The lowest BCUT2D eigenvalue weighted by Crippen LogP contribution is -2.18. The summed E-state index contributed by atoms with van der Waals surface area (Å²) >= 11 is 6.07. The summed E-state index contributed by atoms with van der Waals surface area (Å²) in [4.78, 5) is 4.50. The van der Waals surface area contributed by atoms with Crippen LogP contribution in [0.5, 0.6) is 0 Å². The average Bonchev–Trinajstić information content (AvgIpc) is 2.18. The van der Waals surface area contributed by atoms with Gasteiger partial charge < -0.3 is 5.73 Å². The lowest BCUT2D eigenvalue weighted by Gasteiger charge is -2.06. The van der Waals surface area contributed by atoms with Crippen LogP contribution in [-0.4, -0.2) is 11.0 Å². The van der Waals surface area contributed by atoms with E-state index in [1.165, 1.54) is 0 Å². The average molecular weight is 221 g/mol. The molecule has 1 unspecified atom stereocenters. The molecule has 0 radical (unpaired) electrons. The van der Waals surface area contributed by atoms with Gasteiger partial charge in [-0.1, -0.05) is 29.8 Å². The summed E-state index contributed by atoms with van der Waals surface area (Å²) in [6.07, 6.45) is 0.779. The van der Waals surface area contributed by atoms with E-state index in [4.69, 9.17) is 17.3 Å². The van der Waals surface area contributed by atoms with E-state index in [0.717, 1.165) is 23.0 Å². The molecule has 2 rings (SSSR count). The van der Waals surface area contributed by atoms with Crippen LogP contribution in [0.3, 0.4) is 0 Å². The molecule has 0 aliphatic rings. The lowest BCUT2D eigenvalue weighted by atomic mass is 10.1. The van der Waals surface area contributed by atoms with Gasteiger partial charge in [-0.2, -0.15) is 0 Å². The molecule has 2 aromatic rings. The van der Waals surface area contributed by atoms with Gasteiger partial charge in [0.15, 0.2) is 0 Å². The van der Waals surface area contributed by atoms with Crippen LogP contribution < -0.4 is 5.73 Å². The first kappa shape index (κ1) is 10.4. The number of para-hydroxylation sites is 1. The zero-order chi connectivity index (χ0) is 10.8. The number of hydrogen-bond donors (Lipinski definition) is 1. The maximum atomic E-state index is 6.07. The van der Waals surface area contributed by atoms with Gasteiger partial charge >= 0.3 is 0 Å². The zero-order valence-corrected chi connectivity index (χ0v) is 9.33. The van der Waals surface area contributed by atoms with Gasteiger partial charge in [0, 0.05) is 23.5 Å². The minimum absolute atomic E-state index is 0.123. The molecule has 3 heteroatoms. The van der Waals surface area contributed by atoms with Gasteiger partial charge in [0.05, 0.1) is 10.5 Å². The molecule has 1 aromatic carbocycles. The third-order valence-corrected chi connectivity index (χ3v) is 2.56. The molecular formula is C12H13ClN2. The Bertz CT molecular complexity index is 480. The van der Waals surface area contributed by atoms with Gasteiger partial charge in [0.25, 0.3) is 0 Å². The Morgan fingerprint density at radius 3 is 2.87 bits per heavy atom. The number of pyridine rings is 1. The standard InChI is InChI=1S/C12H13ClN2/c1-8(14)7-10-6-5-9-3-2-4-11(13)12(9)15-10/h2-6,8H,7,14H2,1H3. The summed E-state index contributed by atoms with van der Waals surface area (Å²) in [5, 5.41) is 1.76. The molecule has 0 saturated carbocycles. The predicted octanol–water partition coefficient (Wildman–Crippen LogP) is 2.78. The number of nitrogens with two attached hydrogens (primary N) is 1. The highest BCUT2D eigenvalue weighted by Crippen LogP contribution is 2.21. The molecule has 1 aromatic heterocycles. The van der Waals surface area contributed by atoms with Gasteiger partial charge in [-0.05, 0) is 19.1 Å². The fourth-order valence-electron chi connectivity index (χ4n) is 1.59. The minimum atomic E-state index is 0.123. The third kappa shape index (κ3) is 2.28. The molecule has 78 valence electrons. The van der Waals surface area contributed by atoms with Gasteiger partial charge in [-0.3, -0.25) is 4.98 Å². The van der Waals surface area contributed by atoms with Crippen LogP contribution in [0.4, 0.5) is 0 Å². The van der Waals surface area contributed by atoms with E-state index >= 15 is 0 Å². The monoisotopic (exact) mass is 220 g/mol. The van der Waals surface area contributed by atoms with Crippen molar-refractivity contribution < 1.29 is 0 Å². The van der Waals surface area contributed by atoms with E-state index in [0.29, 0.717) is 5.02 Å². The smallest absolute Gasteiger partial charge is 0.0891 e. The summed E-state index contributed by atoms with van der Waals surface area (Å²) < 4.78 is 0. The summed E-state index contributed by atoms with van der Waals surface area (Å²) in [5.41, 5.74) is 7.58. The molecule has 0 aliphatic carbocycles. The van der Waals surface area contributed by atoms with Crippen molar-refractivity contribution in [1.82, 2.24) is 4.98 Å². The lowest BCUT2D eigenvalue weighted by molar-refractivity contribution is 0.725. The fraction of sp³-hybridized carbons (Fsp3) is 0.250. The van der Waals surface area contributed by atoms with Crippen molar-refractivity contribution in [2.24, 2.45) is 5.73 Å². The van der Waals surface area contributed by atoms with E-state index in [1.807, 2.05) is 37.3 Å². The molecular weight excluding hydrogens is 208 g/mol. The van der Waals surface area contributed by atoms with Crippen molar-refractivity contribution in [3.63, 3.8) is 0 Å². The zero-order valence-electron chi connectivity index (χ0n) is 8.57. The van der Waals surface area contributed by atoms with Crippen LogP contribution in [0, 0.1) is 0 Å². The van der Waals surface area contributed by atoms with Gasteiger partial charge in [-0.15, -0.1) is 0 Å². The summed E-state index contributed by atoms with van der Waals surface area (Å²) in [5.74, 6) is 0. The van der Waals surface area contributed by atoms with E-state index in [-0.39, 0.29) is 6.04 Å². The van der Waals surface area contributed by atoms with Crippen LogP contribution in [0.25, 0.3) is 10.9 Å². The summed E-state index contributed by atoms with van der Waals surface area (Å²) in [6, 6.07) is 9.94. The first-order valence-corrected chi connectivity index (χ1v) is 5.34. The number of benzene rings is 1. The summed E-state index contributed by atoms with van der Waals surface area (Å²) in [6.45, 7) is 1.97. The van der Waals surface area contributed by atoms with Crippen LogP contribution in [0.2, 0.25) is 5.02 Å². The quantitative estimate of drug-likeness (QED) is 0.846. The van der Waals surface area contributed by atoms with Crippen LogP contribution >= 0.6 is 11.6 Å². The summed E-state index contributed by atoms with van der Waals surface area (Å²) in [7, 11) is 0. The van der Waals surface area contributed by atoms with E-state index < -0.39 is 0 Å². The minimum Gasteiger partial charge on any atom is -0.328 e. The first-order chi connectivity index (χ1) is 7.16. The number of hydrogen-bond acceptors (Lipinski definition) is 2. The van der Waals surface area contributed by atoms with E-state index in [2.05, 4.69) is 4.98 Å². The van der Waals surface area contributed by atoms with Crippen LogP contribution in [-0.2, 0) is 6.42 Å². The number of nitrogens with zero attached hydrogens (tertiary/aromatic N) is 1. The second-order valence-electron chi connectivity index (χ2n) is 3.80. The van der Waals surface area contributed by atoms with Crippen molar-refractivity contribution in [3.8, 4) is 0 Å². The van der Waals surface area contributed by atoms with Crippen LogP contribution in [0.1, 0.15) is 12.6 Å². The molecule has 0 fully saturated rings. The predicted molar refractivity (Wildman–Crippen MR) is 64.1 cm³/mol. The Hall–Kier alpha value is -1.12. The van der Waals surface area contributed by atoms with Crippen molar-refractivity contribution >= 4 is 22.5 Å². The van der Waals surface area contributed by atoms with Crippen molar-refractivity contribution in [2.75, 3.05) is 0 Å². The molecule has 0 aliphatic heterocycles. The highest BCUT2D eigenvalue weighted by Gasteiger charge is 2.03.